The summed E-state index contributed by atoms with van der Waals surface area (Å²) in [5.41, 5.74) is 1.03. The third kappa shape index (κ3) is 4.06. The normalized spacial score (nSPS) is 11.1. The maximum absolute atomic E-state index is 12.2. The molecule has 0 atom stereocenters. The van der Waals surface area contributed by atoms with E-state index in [0.717, 1.165) is 23.8 Å². The zero-order valence-electron chi connectivity index (χ0n) is 12.6. The molecule has 4 nitrogen and oxygen atoms in total. The summed E-state index contributed by atoms with van der Waals surface area (Å²) in [5.74, 6) is -0.748. The van der Waals surface area contributed by atoms with Crippen molar-refractivity contribution in [2.45, 2.75) is 58.3 Å². The molecule has 114 valence electrons. The molecule has 0 N–H and O–H groups in total. The molecule has 21 heavy (non-hydrogen) atoms. The molecule has 0 saturated heterocycles. The molecule has 0 aliphatic rings. The first-order valence-electron chi connectivity index (χ1n) is 7.88. The van der Waals surface area contributed by atoms with E-state index in [1.54, 1.807) is 24.3 Å². The molecule has 4 heteroatoms. The minimum Gasteiger partial charge on any atom is -0.407 e. The molecule has 0 unspecified atom stereocenters. The van der Waals surface area contributed by atoms with Crippen molar-refractivity contribution in [3.8, 4) is 0 Å². The van der Waals surface area contributed by atoms with Gasteiger partial charge in [-0.3, -0.25) is 4.79 Å². The van der Waals surface area contributed by atoms with Crippen molar-refractivity contribution >= 4 is 17.0 Å². The molecule has 1 heterocycles. The number of unbranched alkanes of at least 4 members (excludes halogenated alkanes) is 6. The summed E-state index contributed by atoms with van der Waals surface area (Å²) >= 11 is 0. The lowest BCUT2D eigenvalue weighted by Gasteiger charge is -2.02. The van der Waals surface area contributed by atoms with E-state index in [-0.39, 0.29) is 5.91 Å². The van der Waals surface area contributed by atoms with Crippen LogP contribution in [0.4, 0.5) is 0 Å². The Labute approximate surface area is 124 Å². The third-order valence-corrected chi connectivity index (χ3v) is 3.73. The summed E-state index contributed by atoms with van der Waals surface area (Å²) in [6, 6.07) is 7.03. The van der Waals surface area contributed by atoms with Crippen LogP contribution in [0, 0.1) is 0 Å². The summed E-state index contributed by atoms with van der Waals surface area (Å²) in [6.45, 7) is 2.20. The van der Waals surface area contributed by atoms with Gasteiger partial charge in [0.25, 0.3) is 0 Å². The van der Waals surface area contributed by atoms with Gasteiger partial charge in [0.2, 0.25) is 5.91 Å². The second-order valence-corrected chi connectivity index (χ2v) is 5.44. The van der Waals surface area contributed by atoms with Gasteiger partial charge in [-0.25, -0.2) is 9.36 Å². The molecule has 1 aromatic carbocycles. The molecule has 0 aliphatic carbocycles. The van der Waals surface area contributed by atoms with Gasteiger partial charge >= 0.3 is 5.76 Å². The van der Waals surface area contributed by atoms with Crippen molar-refractivity contribution in [3.05, 3.63) is 34.8 Å². The Balaban J connectivity index is 1.85. The molecular weight excluding hydrogens is 266 g/mol. The lowest BCUT2D eigenvalue weighted by molar-refractivity contribution is 0.0895. The van der Waals surface area contributed by atoms with Crippen molar-refractivity contribution in [1.82, 2.24) is 4.57 Å². The van der Waals surface area contributed by atoms with Crippen molar-refractivity contribution in [2.24, 2.45) is 0 Å². The van der Waals surface area contributed by atoms with E-state index in [2.05, 4.69) is 6.92 Å². The molecule has 0 fully saturated rings. The first-order chi connectivity index (χ1) is 10.2. The van der Waals surface area contributed by atoms with Crippen molar-refractivity contribution in [1.29, 1.82) is 0 Å². The van der Waals surface area contributed by atoms with Gasteiger partial charge in [-0.15, -0.1) is 0 Å². The smallest absolute Gasteiger partial charge is 0.407 e. The van der Waals surface area contributed by atoms with Gasteiger partial charge in [-0.05, 0) is 18.6 Å². The van der Waals surface area contributed by atoms with Crippen molar-refractivity contribution in [3.63, 3.8) is 0 Å². The fraction of sp³-hybridized carbons (Fsp3) is 0.529. The van der Waals surface area contributed by atoms with Crippen LogP contribution in [-0.2, 0) is 0 Å². The topological polar surface area (TPSA) is 52.2 Å². The summed E-state index contributed by atoms with van der Waals surface area (Å²) in [7, 11) is 0. The number of hydrogen-bond donors (Lipinski definition) is 0. The maximum atomic E-state index is 12.2. The molecule has 2 aromatic rings. The predicted octanol–water partition coefficient (Wildman–Crippen LogP) is 4.38. The Morgan fingerprint density at radius 2 is 1.71 bits per heavy atom. The zero-order chi connectivity index (χ0) is 15.1. The molecular formula is C17H23NO3. The fourth-order valence-corrected chi connectivity index (χ4v) is 2.55. The molecule has 0 amide bonds. The second-order valence-electron chi connectivity index (χ2n) is 5.44. The van der Waals surface area contributed by atoms with E-state index >= 15 is 0 Å². The zero-order valence-corrected chi connectivity index (χ0v) is 12.6. The van der Waals surface area contributed by atoms with E-state index in [0.29, 0.717) is 17.5 Å². The number of benzene rings is 1. The fourth-order valence-electron chi connectivity index (χ4n) is 2.55. The second kappa shape index (κ2) is 7.81. The van der Waals surface area contributed by atoms with Crippen LogP contribution in [0.15, 0.2) is 33.5 Å². The lowest BCUT2D eigenvalue weighted by atomic mass is 10.1. The number of oxazole rings is 1. The highest BCUT2D eigenvalue weighted by atomic mass is 16.4. The quantitative estimate of drug-likeness (QED) is 0.678. The number of fused-ring (bicyclic) bond motifs is 1. The van der Waals surface area contributed by atoms with Gasteiger partial charge in [-0.1, -0.05) is 57.6 Å². The van der Waals surface area contributed by atoms with Gasteiger partial charge in [0.15, 0.2) is 5.58 Å². The number of para-hydroxylation sites is 2. The highest BCUT2D eigenvalue weighted by molar-refractivity contribution is 5.88. The Kier molecular flexibility index (Phi) is 5.78. The molecule has 1 aromatic heterocycles. The van der Waals surface area contributed by atoms with Crippen LogP contribution in [0.3, 0.4) is 0 Å². The Morgan fingerprint density at radius 3 is 2.48 bits per heavy atom. The molecule has 0 spiro atoms. The average Bonchev–Trinajstić information content (AvgIpc) is 2.82. The maximum Gasteiger partial charge on any atom is 0.426 e. The number of nitrogens with zero attached hydrogens (tertiary/aromatic N) is 1. The van der Waals surface area contributed by atoms with Gasteiger partial charge in [-0.2, -0.15) is 0 Å². The van der Waals surface area contributed by atoms with Crippen LogP contribution >= 0.6 is 0 Å². The number of aromatic nitrogens is 1. The van der Waals surface area contributed by atoms with Crippen LogP contribution in [0.1, 0.15) is 63.1 Å². The lowest BCUT2D eigenvalue weighted by Crippen LogP contribution is -2.22. The Bertz CT molecular complexity index is 639. The van der Waals surface area contributed by atoms with Crippen LogP contribution < -0.4 is 5.76 Å². The molecule has 0 bridgehead atoms. The highest BCUT2D eigenvalue weighted by Gasteiger charge is 2.14. The first kappa shape index (κ1) is 15.5. The van der Waals surface area contributed by atoms with Crippen LogP contribution in [0.25, 0.3) is 11.1 Å². The average molecular weight is 289 g/mol. The summed E-state index contributed by atoms with van der Waals surface area (Å²) in [4.78, 5) is 23.9. The van der Waals surface area contributed by atoms with E-state index in [1.165, 1.54) is 25.7 Å². The number of carbonyl (C=O) groups is 1. The molecule has 0 saturated carbocycles. The minimum absolute atomic E-state index is 0.168. The van der Waals surface area contributed by atoms with Crippen LogP contribution in [0.2, 0.25) is 0 Å². The van der Waals surface area contributed by atoms with E-state index in [9.17, 15) is 9.59 Å². The summed E-state index contributed by atoms with van der Waals surface area (Å²) < 4.78 is 6.24. The van der Waals surface area contributed by atoms with E-state index in [4.69, 9.17) is 4.42 Å². The van der Waals surface area contributed by atoms with Crippen molar-refractivity contribution in [2.75, 3.05) is 0 Å². The van der Waals surface area contributed by atoms with Gasteiger partial charge in [0.1, 0.15) is 0 Å². The summed E-state index contributed by atoms with van der Waals surface area (Å²) in [5, 5.41) is 0. The van der Waals surface area contributed by atoms with E-state index in [1.807, 2.05) is 0 Å². The van der Waals surface area contributed by atoms with Crippen molar-refractivity contribution < 1.29 is 9.21 Å². The van der Waals surface area contributed by atoms with Gasteiger partial charge in [0, 0.05) is 6.42 Å². The monoisotopic (exact) mass is 289 g/mol. The SMILES string of the molecule is CCCCCCCCCC(=O)n1c(=O)oc2ccccc21. The number of carbonyl (C=O) groups excluding carboxylic acids is 1. The third-order valence-electron chi connectivity index (χ3n) is 3.73. The van der Waals surface area contributed by atoms with Gasteiger partial charge < -0.3 is 4.42 Å². The minimum atomic E-state index is -0.579. The molecule has 0 aliphatic heterocycles. The summed E-state index contributed by atoms with van der Waals surface area (Å²) in [6.07, 6.45) is 8.47. The van der Waals surface area contributed by atoms with Gasteiger partial charge in [0.05, 0.1) is 5.52 Å². The van der Waals surface area contributed by atoms with Crippen LogP contribution in [-0.4, -0.2) is 10.5 Å². The Hall–Kier alpha value is -1.84. The highest BCUT2D eigenvalue weighted by Crippen LogP contribution is 2.14. The largest absolute Gasteiger partial charge is 0.426 e. The van der Waals surface area contributed by atoms with E-state index < -0.39 is 5.76 Å². The molecule has 0 radical (unpaired) electrons. The standard InChI is InChI=1S/C17H23NO3/c1-2-3-4-5-6-7-8-13-16(19)18-14-11-9-10-12-15(14)21-17(18)20/h9-12H,2-8,13H2,1H3. The first-order valence-corrected chi connectivity index (χ1v) is 7.88. The number of hydrogen-bond acceptors (Lipinski definition) is 3. The predicted molar refractivity (Wildman–Crippen MR) is 83.7 cm³/mol. The number of rotatable bonds is 8. The Morgan fingerprint density at radius 1 is 1.05 bits per heavy atom. The molecule has 2 rings (SSSR count). The van der Waals surface area contributed by atoms with Crippen LogP contribution in [0.5, 0.6) is 0 Å².